The maximum atomic E-state index is 4.08. The first-order chi connectivity index (χ1) is 7.34. The second kappa shape index (κ2) is 3.30. The highest BCUT2D eigenvalue weighted by atomic mass is 32.2. The molecule has 0 spiro atoms. The number of rotatable bonds is 1. The number of fused-ring (bicyclic) bond motifs is 1. The smallest absolute Gasteiger partial charge is 0.210 e. The van der Waals surface area contributed by atoms with Crippen LogP contribution in [-0.2, 0) is 0 Å². The summed E-state index contributed by atoms with van der Waals surface area (Å²) in [5.41, 5.74) is 4.66. The Kier molecular flexibility index (Phi) is 1.95. The van der Waals surface area contributed by atoms with Gasteiger partial charge in [-0.2, -0.15) is 0 Å². The van der Waals surface area contributed by atoms with Crippen molar-refractivity contribution in [2.45, 2.75) is 18.1 Å². The van der Waals surface area contributed by atoms with Gasteiger partial charge in [-0.3, -0.25) is 0 Å². The van der Waals surface area contributed by atoms with E-state index in [2.05, 4.69) is 26.7 Å². The van der Waals surface area contributed by atoms with E-state index >= 15 is 0 Å². The molecule has 1 atom stereocenters. The highest BCUT2D eigenvalue weighted by Gasteiger charge is 2.22. The second-order valence-electron chi connectivity index (χ2n) is 3.50. The molecule has 5 nitrogen and oxygen atoms in total. The van der Waals surface area contributed by atoms with E-state index < -0.39 is 0 Å². The van der Waals surface area contributed by atoms with Gasteiger partial charge in [0.2, 0.25) is 5.16 Å². The fourth-order valence-electron chi connectivity index (χ4n) is 1.66. The molecule has 2 N–H and O–H groups in total. The molecule has 1 aliphatic heterocycles. The molecule has 1 aliphatic rings. The maximum absolute atomic E-state index is 4.08. The minimum Gasteiger partial charge on any atom is -0.367 e. The van der Waals surface area contributed by atoms with Gasteiger partial charge in [0, 0.05) is 18.1 Å². The topological polar surface area (TPSA) is 58.5 Å². The van der Waals surface area contributed by atoms with Crippen LogP contribution in [0.2, 0.25) is 0 Å². The van der Waals surface area contributed by atoms with E-state index in [4.69, 9.17) is 0 Å². The van der Waals surface area contributed by atoms with Gasteiger partial charge in [0.25, 0.3) is 0 Å². The van der Waals surface area contributed by atoms with Gasteiger partial charge < -0.3 is 10.4 Å². The van der Waals surface area contributed by atoms with Crippen LogP contribution in [0.3, 0.4) is 0 Å². The molecule has 0 bridgehead atoms. The van der Waals surface area contributed by atoms with Crippen molar-refractivity contribution in [1.82, 2.24) is 19.9 Å². The Hall–Kier alpha value is -1.43. The molecule has 0 aliphatic carbocycles. The van der Waals surface area contributed by atoms with Gasteiger partial charge in [-0.25, -0.2) is 4.68 Å². The highest BCUT2D eigenvalue weighted by Crippen LogP contribution is 2.29. The van der Waals surface area contributed by atoms with Crippen molar-refractivity contribution in [3.05, 3.63) is 29.8 Å². The zero-order chi connectivity index (χ0) is 10.3. The van der Waals surface area contributed by atoms with Gasteiger partial charge in [-0.15, -0.1) is 10.2 Å². The summed E-state index contributed by atoms with van der Waals surface area (Å²) in [5.74, 6) is 1.88. The number of hydrogen-bond acceptors (Lipinski definition) is 4. The molecule has 0 fully saturated rings. The van der Waals surface area contributed by atoms with Crippen LogP contribution in [0, 0.1) is 6.92 Å². The first kappa shape index (κ1) is 8.84. The molecular weight excluding hydrogens is 210 g/mol. The predicted octanol–water partition coefficient (Wildman–Crippen LogP) is 1.31. The zero-order valence-electron chi connectivity index (χ0n) is 8.27. The first-order valence-corrected chi connectivity index (χ1v) is 5.77. The van der Waals surface area contributed by atoms with E-state index in [9.17, 15) is 0 Å². The van der Waals surface area contributed by atoms with E-state index in [1.807, 2.05) is 24.0 Å². The molecule has 0 saturated carbocycles. The standard InChI is InChI=1S/C9H11N5S/c1-6-11-12-9-14(6)13-8(5-15-9)7-2-3-10-4-7/h2-4,8,10,13H,5H2,1H3. The molecule has 0 radical (unpaired) electrons. The fourth-order valence-corrected chi connectivity index (χ4v) is 2.66. The van der Waals surface area contributed by atoms with Crippen LogP contribution in [0.25, 0.3) is 0 Å². The number of aryl methyl sites for hydroxylation is 1. The molecule has 78 valence electrons. The summed E-state index contributed by atoms with van der Waals surface area (Å²) in [7, 11) is 0. The predicted molar refractivity (Wildman–Crippen MR) is 58.4 cm³/mol. The number of thioether (sulfide) groups is 1. The number of H-pyrrole nitrogens is 1. The van der Waals surface area contributed by atoms with Gasteiger partial charge >= 0.3 is 0 Å². The Bertz CT molecular complexity index is 461. The third kappa shape index (κ3) is 1.41. The molecule has 1 unspecified atom stereocenters. The van der Waals surface area contributed by atoms with Gasteiger partial charge in [0.15, 0.2) is 0 Å². The lowest BCUT2D eigenvalue weighted by atomic mass is 10.2. The quantitative estimate of drug-likeness (QED) is 0.762. The summed E-state index contributed by atoms with van der Waals surface area (Å²) in [4.78, 5) is 3.07. The fraction of sp³-hybridized carbons (Fsp3) is 0.333. The molecule has 3 heterocycles. The lowest BCUT2D eigenvalue weighted by molar-refractivity contribution is 0.646. The zero-order valence-corrected chi connectivity index (χ0v) is 9.08. The average molecular weight is 221 g/mol. The normalized spacial score (nSPS) is 19.7. The van der Waals surface area contributed by atoms with Crippen molar-refractivity contribution < 1.29 is 0 Å². The van der Waals surface area contributed by atoms with Crippen LogP contribution >= 0.6 is 11.8 Å². The summed E-state index contributed by atoms with van der Waals surface area (Å²) in [6, 6.07) is 2.41. The Labute approximate surface area is 91.3 Å². The van der Waals surface area contributed by atoms with E-state index in [0.29, 0.717) is 6.04 Å². The summed E-state index contributed by atoms with van der Waals surface area (Å²) in [6.07, 6.45) is 3.96. The number of hydrogen-bond donors (Lipinski definition) is 2. The molecule has 3 rings (SSSR count). The Balaban J connectivity index is 1.91. The molecule has 2 aromatic rings. The molecular formula is C9H11N5S. The summed E-state index contributed by atoms with van der Waals surface area (Å²) < 4.78 is 1.95. The van der Waals surface area contributed by atoms with Crippen LogP contribution < -0.4 is 5.43 Å². The number of nitrogens with zero attached hydrogens (tertiary/aromatic N) is 3. The molecule has 15 heavy (non-hydrogen) atoms. The molecule has 6 heteroatoms. The van der Waals surface area contributed by atoms with Crippen molar-refractivity contribution in [2.75, 3.05) is 11.2 Å². The average Bonchev–Trinajstić information content (AvgIpc) is 2.88. The maximum Gasteiger partial charge on any atom is 0.210 e. The Morgan fingerprint density at radius 2 is 2.47 bits per heavy atom. The van der Waals surface area contributed by atoms with Gasteiger partial charge in [-0.1, -0.05) is 11.8 Å². The van der Waals surface area contributed by atoms with Crippen LogP contribution in [-0.4, -0.2) is 25.6 Å². The molecule has 2 aromatic heterocycles. The first-order valence-electron chi connectivity index (χ1n) is 4.78. The van der Waals surface area contributed by atoms with Crippen LogP contribution in [0.15, 0.2) is 23.6 Å². The van der Waals surface area contributed by atoms with E-state index in [0.717, 1.165) is 16.7 Å². The van der Waals surface area contributed by atoms with Gasteiger partial charge in [0.05, 0.1) is 6.04 Å². The van der Waals surface area contributed by atoms with E-state index in [-0.39, 0.29) is 0 Å². The number of aromatic amines is 1. The summed E-state index contributed by atoms with van der Waals surface area (Å²) in [6.45, 7) is 1.95. The van der Waals surface area contributed by atoms with E-state index in [1.54, 1.807) is 11.8 Å². The van der Waals surface area contributed by atoms with Gasteiger partial charge in [-0.05, 0) is 18.6 Å². The molecule has 0 amide bonds. The third-order valence-electron chi connectivity index (χ3n) is 2.48. The lowest BCUT2D eigenvalue weighted by Crippen LogP contribution is -2.28. The van der Waals surface area contributed by atoms with Crippen LogP contribution in [0.1, 0.15) is 17.4 Å². The largest absolute Gasteiger partial charge is 0.367 e. The van der Waals surface area contributed by atoms with Crippen LogP contribution in [0.4, 0.5) is 0 Å². The van der Waals surface area contributed by atoms with Crippen molar-refractivity contribution in [3.8, 4) is 0 Å². The second-order valence-corrected chi connectivity index (χ2v) is 4.49. The lowest BCUT2D eigenvalue weighted by Gasteiger charge is -2.25. The summed E-state index contributed by atoms with van der Waals surface area (Å²) >= 11 is 1.73. The van der Waals surface area contributed by atoms with Crippen LogP contribution in [0.5, 0.6) is 0 Å². The minimum atomic E-state index is 0.323. The number of nitrogens with one attached hydrogen (secondary N) is 2. The van der Waals surface area contributed by atoms with Gasteiger partial charge in [0.1, 0.15) is 5.82 Å². The Morgan fingerprint density at radius 3 is 3.27 bits per heavy atom. The van der Waals surface area contributed by atoms with Crippen molar-refractivity contribution in [1.29, 1.82) is 0 Å². The van der Waals surface area contributed by atoms with Crippen molar-refractivity contribution >= 4 is 11.8 Å². The van der Waals surface area contributed by atoms with E-state index in [1.165, 1.54) is 5.56 Å². The monoisotopic (exact) mass is 221 g/mol. The third-order valence-corrected chi connectivity index (χ3v) is 3.51. The van der Waals surface area contributed by atoms with Crippen molar-refractivity contribution in [2.24, 2.45) is 0 Å². The SMILES string of the molecule is Cc1nnc2n1NC(c1cc[nH]c1)CS2. The summed E-state index contributed by atoms with van der Waals surface area (Å²) in [5, 5.41) is 9.06. The minimum absolute atomic E-state index is 0.323. The number of aromatic nitrogens is 4. The van der Waals surface area contributed by atoms with Crippen molar-refractivity contribution in [3.63, 3.8) is 0 Å². The molecule has 0 aromatic carbocycles. The Morgan fingerprint density at radius 1 is 1.53 bits per heavy atom. The molecule has 0 saturated heterocycles. The highest BCUT2D eigenvalue weighted by molar-refractivity contribution is 7.99.